The summed E-state index contributed by atoms with van der Waals surface area (Å²) in [7, 11) is 3.58. The van der Waals surface area contributed by atoms with Crippen molar-refractivity contribution in [2.75, 3.05) is 48.8 Å². The van der Waals surface area contributed by atoms with Gasteiger partial charge in [-0.2, -0.15) is 4.98 Å². The summed E-state index contributed by atoms with van der Waals surface area (Å²) in [4.78, 5) is 36.5. The Hall–Kier alpha value is -3.60. The van der Waals surface area contributed by atoms with Gasteiger partial charge in [0.25, 0.3) is 0 Å². The van der Waals surface area contributed by atoms with Crippen LogP contribution in [0.1, 0.15) is 45.6 Å². The van der Waals surface area contributed by atoms with Gasteiger partial charge in [-0.15, -0.1) is 0 Å². The summed E-state index contributed by atoms with van der Waals surface area (Å²) in [5.74, 6) is 2.71. The number of rotatable bonds is 6. The third-order valence-corrected chi connectivity index (χ3v) is 7.95. The van der Waals surface area contributed by atoms with Gasteiger partial charge in [0, 0.05) is 57.2 Å². The van der Waals surface area contributed by atoms with Crippen LogP contribution in [-0.2, 0) is 4.79 Å². The molecule has 2 saturated heterocycles. The molecule has 0 spiro atoms. The van der Waals surface area contributed by atoms with Gasteiger partial charge in [-0.25, -0.2) is 19.3 Å². The van der Waals surface area contributed by atoms with Crippen molar-refractivity contribution in [2.45, 2.75) is 57.8 Å². The number of nitrogens with one attached hydrogen (secondary N) is 1. The van der Waals surface area contributed by atoms with Gasteiger partial charge in [0.05, 0.1) is 18.6 Å². The van der Waals surface area contributed by atoms with Gasteiger partial charge in [-0.1, -0.05) is 13.8 Å². The highest BCUT2D eigenvalue weighted by Crippen LogP contribution is 2.38. The molecule has 5 rings (SSSR count). The van der Waals surface area contributed by atoms with Crippen LogP contribution in [0.15, 0.2) is 30.7 Å². The SMILES string of the molecule is CC(C)c1cnc(N2CC(C(=O)N(C)C)C2C)c2cnc(Nc3ccnc(N4CC[C@@H](O)[C@@](C)(F)C4)n3)cc12. The van der Waals surface area contributed by atoms with E-state index in [1.54, 1.807) is 36.2 Å². The molecule has 0 bridgehead atoms. The fourth-order valence-corrected chi connectivity index (χ4v) is 5.41. The zero-order chi connectivity index (χ0) is 28.1. The van der Waals surface area contributed by atoms with E-state index in [-0.39, 0.29) is 30.3 Å². The number of nitrogens with zero attached hydrogens (tertiary/aromatic N) is 7. The molecule has 3 aromatic rings. The van der Waals surface area contributed by atoms with E-state index < -0.39 is 11.8 Å². The molecule has 2 N–H and O–H groups in total. The highest BCUT2D eigenvalue weighted by molar-refractivity contribution is 5.97. The lowest BCUT2D eigenvalue weighted by molar-refractivity contribution is -0.135. The van der Waals surface area contributed by atoms with Crippen molar-refractivity contribution in [2.24, 2.45) is 5.92 Å². The normalized spacial score (nSPS) is 25.1. The Morgan fingerprint density at radius 3 is 2.64 bits per heavy atom. The maximum atomic E-state index is 14.7. The van der Waals surface area contributed by atoms with Crippen molar-refractivity contribution in [3.05, 3.63) is 36.3 Å². The van der Waals surface area contributed by atoms with Gasteiger partial charge in [0.15, 0.2) is 5.67 Å². The molecule has 11 heteroatoms. The zero-order valence-electron chi connectivity index (χ0n) is 23.4. The Labute approximate surface area is 228 Å². The highest BCUT2D eigenvalue weighted by Gasteiger charge is 2.42. The average Bonchev–Trinajstić information content (AvgIpc) is 2.89. The van der Waals surface area contributed by atoms with Crippen molar-refractivity contribution in [1.29, 1.82) is 0 Å². The van der Waals surface area contributed by atoms with Crippen LogP contribution in [0.2, 0.25) is 0 Å². The predicted molar refractivity (Wildman–Crippen MR) is 150 cm³/mol. The van der Waals surface area contributed by atoms with Crippen LogP contribution >= 0.6 is 0 Å². The summed E-state index contributed by atoms with van der Waals surface area (Å²) in [6.45, 7) is 8.85. The number of halogens is 1. The molecule has 2 unspecified atom stereocenters. The number of amides is 1. The van der Waals surface area contributed by atoms with E-state index in [9.17, 15) is 14.3 Å². The first-order chi connectivity index (χ1) is 18.5. The predicted octanol–water partition coefficient (Wildman–Crippen LogP) is 3.50. The minimum absolute atomic E-state index is 0.0231. The molecule has 3 aromatic heterocycles. The lowest BCUT2D eigenvalue weighted by Gasteiger charge is -2.47. The number of aromatic nitrogens is 4. The van der Waals surface area contributed by atoms with E-state index in [0.29, 0.717) is 37.1 Å². The van der Waals surface area contributed by atoms with Crippen molar-refractivity contribution >= 4 is 40.1 Å². The molecular formula is C28H37FN8O2. The number of hydrogen-bond acceptors (Lipinski definition) is 9. The first-order valence-electron chi connectivity index (χ1n) is 13.4. The number of alkyl halides is 1. The van der Waals surface area contributed by atoms with E-state index in [2.05, 4.69) is 45.9 Å². The Morgan fingerprint density at radius 1 is 1.21 bits per heavy atom. The van der Waals surface area contributed by atoms with Gasteiger partial charge in [0.1, 0.15) is 17.5 Å². The van der Waals surface area contributed by atoms with E-state index in [1.807, 2.05) is 18.5 Å². The average molecular weight is 537 g/mol. The molecule has 5 heterocycles. The number of anilines is 4. The van der Waals surface area contributed by atoms with Crippen LogP contribution < -0.4 is 15.1 Å². The van der Waals surface area contributed by atoms with E-state index in [4.69, 9.17) is 4.98 Å². The molecule has 4 atom stereocenters. The van der Waals surface area contributed by atoms with Gasteiger partial charge < -0.3 is 25.1 Å². The molecule has 0 aliphatic carbocycles. The summed E-state index contributed by atoms with van der Waals surface area (Å²) in [6, 6.07) is 3.79. The minimum Gasteiger partial charge on any atom is -0.390 e. The van der Waals surface area contributed by atoms with Gasteiger partial charge in [-0.3, -0.25) is 4.79 Å². The van der Waals surface area contributed by atoms with Crippen molar-refractivity contribution in [1.82, 2.24) is 24.8 Å². The van der Waals surface area contributed by atoms with Crippen molar-refractivity contribution < 1.29 is 14.3 Å². The Kier molecular flexibility index (Phi) is 7.04. The van der Waals surface area contributed by atoms with E-state index in [1.165, 1.54) is 6.92 Å². The first kappa shape index (κ1) is 27.0. The van der Waals surface area contributed by atoms with E-state index in [0.717, 1.165) is 22.2 Å². The largest absolute Gasteiger partial charge is 0.390 e. The molecule has 0 aromatic carbocycles. The molecule has 2 aliphatic heterocycles. The summed E-state index contributed by atoms with van der Waals surface area (Å²) in [6.07, 6.45) is 4.69. The standard InChI is InChI=1S/C28H37FN8O2/c1-16(2)19-12-32-25(37-14-21(17(37)3)26(39)35(5)6)20-13-31-24(11-18(19)20)33-23-7-9-30-27(34-23)36-10-8-22(38)28(4,29)15-36/h7,9,11-13,16-17,21-22,38H,8,10,14-15H2,1-6H3,(H,30,31,33,34)/t17?,21?,22-,28+/m1/s1. The maximum Gasteiger partial charge on any atom is 0.229 e. The van der Waals surface area contributed by atoms with Crippen LogP contribution in [0.5, 0.6) is 0 Å². The van der Waals surface area contributed by atoms with Gasteiger partial charge >= 0.3 is 0 Å². The summed E-state index contributed by atoms with van der Waals surface area (Å²) in [5, 5.41) is 15.2. The number of carbonyl (C=O) groups excluding carboxylic acids is 1. The quantitative estimate of drug-likeness (QED) is 0.489. The molecule has 2 aliphatic rings. The number of carbonyl (C=O) groups is 1. The summed E-state index contributed by atoms with van der Waals surface area (Å²) >= 11 is 0. The number of fused-ring (bicyclic) bond motifs is 1. The molecule has 2 fully saturated rings. The number of hydrogen-bond donors (Lipinski definition) is 2. The second-order valence-corrected chi connectivity index (χ2v) is 11.4. The van der Waals surface area contributed by atoms with Gasteiger partial charge in [-0.05, 0) is 49.3 Å². The third-order valence-electron chi connectivity index (χ3n) is 7.95. The Balaban J connectivity index is 1.42. The number of aliphatic hydroxyl groups is 1. The summed E-state index contributed by atoms with van der Waals surface area (Å²) in [5.41, 5.74) is -0.622. The molecule has 0 saturated carbocycles. The topological polar surface area (TPSA) is 111 Å². The van der Waals surface area contributed by atoms with Crippen LogP contribution in [0.4, 0.5) is 27.8 Å². The lowest BCUT2D eigenvalue weighted by atomic mass is 9.88. The Bertz CT molecular complexity index is 1380. The third kappa shape index (κ3) is 5.07. The van der Waals surface area contributed by atoms with Crippen molar-refractivity contribution in [3.8, 4) is 0 Å². The fourth-order valence-electron chi connectivity index (χ4n) is 5.41. The van der Waals surface area contributed by atoms with Crippen LogP contribution in [0.3, 0.4) is 0 Å². The molecule has 208 valence electrons. The number of aliphatic hydroxyl groups excluding tert-OH is 1. The molecule has 0 radical (unpaired) electrons. The Morgan fingerprint density at radius 2 is 1.97 bits per heavy atom. The summed E-state index contributed by atoms with van der Waals surface area (Å²) < 4.78 is 14.7. The molecule has 10 nitrogen and oxygen atoms in total. The maximum absolute atomic E-state index is 14.7. The lowest BCUT2D eigenvalue weighted by Crippen LogP contribution is -2.60. The fraction of sp³-hybridized carbons (Fsp3) is 0.536. The second kappa shape index (κ2) is 10.2. The first-order valence-corrected chi connectivity index (χ1v) is 13.4. The zero-order valence-corrected chi connectivity index (χ0v) is 23.4. The molecular weight excluding hydrogens is 499 g/mol. The molecule has 39 heavy (non-hydrogen) atoms. The number of pyridine rings is 2. The van der Waals surface area contributed by atoms with Crippen molar-refractivity contribution in [3.63, 3.8) is 0 Å². The monoisotopic (exact) mass is 536 g/mol. The second-order valence-electron chi connectivity index (χ2n) is 11.4. The molecule has 1 amide bonds. The number of piperidine rings is 1. The van der Waals surface area contributed by atoms with Crippen LogP contribution in [0.25, 0.3) is 10.8 Å². The highest BCUT2D eigenvalue weighted by atomic mass is 19.1. The van der Waals surface area contributed by atoms with Gasteiger partial charge in [0.2, 0.25) is 11.9 Å². The minimum atomic E-state index is -1.72. The smallest absolute Gasteiger partial charge is 0.229 e. The van der Waals surface area contributed by atoms with Crippen LogP contribution in [-0.4, -0.2) is 87.4 Å². The van der Waals surface area contributed by atoms with Crippen LogP contribution in [0, 0.1) is 5.92 Å². The van der Waals surface area contributed by atoms with E-state index >= 15 is 0 Å².